The normalized spacial score (nSPS) is 14.2. The smallest absolute Gasteiger partial charge is 0.288 e. The molecule has 2 unspecified atom stereocenters. The van der Waals surface area contributed by atoms with Crippen molar-refractivity contribution in [1.29, 1.82) is 0 Å². The van der Waals surface area contributed by atoms with Crippen LogP contribution in [-0.4, -0.2) is 17.7 Å². The Morgan fingerprint density at radius 3 is 2.42 bits per heavy atom. The van der Waals surface area contributed by atoms with Gasteiger partial charge in [-0.1, -0.05) is 32.0 Å². The molecule has 0 aliphatic rings. The lowest BCUT2D eigenvalue weighted by Crippen LogP contribution is -2.40. The van der Waals surface area contributed by atoms with Gasteiger partial charge in [0.1, 0.15) is 0 Å². The molecule has 3 nitrogen and oxygen atoms in total. The molecule has 1 aromatic carbocycles. The first-order valence-electron chi connectivity index (χ1n) is 6.05. The molecule has 1 rings (SSSR count). The van der Waals surface area contributed by atoms with Gasteiger partial charge in [0, 0.05) is 10.6 Å². The number of hydrogen-bond acceptors (Lipinski definition) is 3. The maximum atomic E-state index is 12.1. The summed E-state index contributed by atoms with van der Waals surface area (Å²) in [5, 5.41) is 2.68. The molecule has 1 amide bonds. The van der Waals surface area contributed by atoms with Crippen LogP contribution in [0, 0.1) is 5.92 Å². The van der Waals surface area contributed by atoms with Crippen molar-refractivity contribution in [2.24, 2.45) is 11.7 Å². The Bertz CT molecular complexity index is 412. The van der Waals surface area contributed by atoms with Gasteiger partial charge in [-0.2, -0.15) is 8.78 Å². The maximum Gasteiger partial charge on any atom is 0.288 e. The SMILES string of the molecule is CCC(C)C(N)C(=O)Nc1ccc(SC(F)F)cc1. The number of alkyl halides is 2. The van der Waals surface area contributed by atoms with E-state index in [9.17, 15) is 13.6 Å². The summed E-state index contributed by atoms with van der Waals surface area (Å²) in [6, 6.07) is 5.69. The van der Waals surface area contributed by atoms with E-state index in [1.54, 1.807) is 24.3 Å². The van der Waals surface area contributed by atoms with E-state index in [4.69, 9.17) is 5.73 Å². The van der Waals surface area contributed by atoms with Crippen LogP contribution < -0.4 is 11.1 Å². The number of rotatable bonds is 6. The molecule has 2 atom stereocenters. The van der Waals surface area contributed by atoms with E-state index < -0.39 is 11.8 Å². The third-order valence-electron chi connectivity index (χ3n) is 2.91. The first-order valence-corrected chi connectivity index (χ1v) is 6.93. The number of anilines is 1. The predicted molar refractivity (Wildman–Crippen MR) is 74.4 cm³/mol. The zero-order valence-corrected chi connectivity index (χ0v) is 11.7. The summed E-state index contributed by atoms with van der Waals surface area (Å²) < 4.78 is 24.3. The summed E-state index contributed by atoms with van der Waals surface area (Å²) in [5.41, 5.74) is 6.36. The highest BCUT2D eigenvalue weighted by atomic mass is 32.2. The molecule has 0 saturated carbocycles. The zero-order chi connectivity index (χ0) is 14.4. The number of thioether (sulfide) groups is 1. The summed E-state index contributed by atoms with van der Waals surface area (Å²) >= 11 is 0.470. The predicted octanol–water partition coefficient (Wildman–Crippen LogP) is 3.31. The summed E-state index contributed by atoms with van der Waals surface area (Å²) in [6.07, 6.45) is 0.818. The van der Waals surface area contributed by atoms with Gasteiger partial charge in [0.25, 0.3) is 5.76 Å². The zero-order valence-electron chi connectivity index (χ0n) is 10.9. The van der Waals surface area contributed by atoms with E-state index in [1.165, 1.54) is 0 Å². The molecule has 0 aromatic heterocycles. The van der Waals surface area contributed by atoms with E-state index >= 15 is 0 Å². The van der Waals surface area contributed by atoms with Gasteiger partial charge < -0.3 is 11.1 Å². The van der Waals surface area contributed by atoms with Crippen molar-refractivity contribution in [3.05, 3.63) is 24.3 Å². The highest BCUT2D eigenvalue weighted by Crippen LogP contribution is 2.26. The molecule has 19 heavy (non-hydrogen) atoms. The van der Waals surface area contributed by atoms with Crippen LogP contribution in [0.5, 0.6) is 0 Å². The van der Waals surface area contributed by atoms with Gasteiger partial charge in [0.15, 0.2) is 0 Å². The Kier molecular flexibility index (Phi) is 6.24. The first-order chi connectivity index (χ1) is 8.93. The summed E-state index contributed by atoms with van der Waals surface area (Å²) in [7, 11) is 0. The minimum Gasteiger partial charge on any atom is -0.325 e. The van der Waals surface area contributed by atoms with Crippen LogP contribution in [0.2, 0.25) is 0 Å². The van der Waals surface area contributed by atoms with Crippen LogP contribution in [0.15, 0.2) is 29.2 Å². The second-order valence-electron chi connectivity index (χ2n) is 4.30. The highest BCUT2D eigenvalue weighted by molar-refractivity contribution is 7.99. The molecule has 0 aliphatic carbocycles. The van der Waals surface area contributed by atoms with Crippen molar-refractivity contribution in [1.82, 2.24) is 0 Å². The maximum absolute atomic E-state index is 12.1. The van der Waals surface area contributed by atoms with Gasteiger partial charge in [-0.3, -0.25) is 4.79 Å². The number of hydrogen-bond donors (Lipinski definition) is 2. The van der Waals surface area contributed by atoms with Crippen molar-refractivity contribution >= 4 is 23.4 Å². The Morgan fingerprint density at radius 1 is 1.37 bits per heavy atom. The number of halogens is 2. The average Bonchev–Trinajstić information content (AvgIpc) is 2.38. The minimum absolute atomic E-state index is 0.0914. The van der Waals surface area contributed by atoms with Gasteiger partial charge in [-0.15, -0.1) is 0 Å². The number of nitrogens with two attached hydrogens (primary N) is 1. The fourth-order valence-corrected chi connectivity index (χ4v) is 1.96. The van der Waals surface area contributed by atoms with Crippen molar-refractivity contribution < 1.29 is 13.6 Å². The van der Waals surface area contributed by atoms with Crippen LogP contribution in [0.3, 0.4) is 0 Å². The fourth-order valence-electron chi connectivity index (χ4n) is 1.46. The first kappa shape index (κ1) is 15.9. The molecule has 0 bridgehead atoms. The standard InChI is InChI=1S/C13H18F2N2OS/c1-3-8(2)11(16)12(18)17-9-4-6-10(7-5-9)19-13(14)15/h4-8,11,13H,3,16H2,1-2H3,(H,17,18). The highest BCUT2D eigenvalue weighted by Gasteiger charge is 2.19. The minimum atomic E-state index is -2.45. The summed E-state index contributed by atoms with van der Waals surface area (Å²) in [4.78, 5) is 12.3. The topological polar surface area (TPSA) is 55.1 Å². The van der Waals surface area contributed by atoms with Gasteiger partial charge in [-0.05, 0) is 30.2 Å². The Hall–Kier alpha value is -1.14. The van der Waals surface area contributed by atoms with E-state index in [-0.39, 0.29) is 11.8 Å². The molecule has 0 radical (unpaired) electrons. The molecule has 0 aliphatic heterocycles. The Morgan fingerprint density at radius 2 is 1.95 bits per heavy atom. The molecule has 6 heteroatoms. The molecular weight excluding hydrogens is 270 g/mol. The van der Waals surface area contributed by atoms with Crippen LogP contribution in [0.25, 0.3) is 0 Å². The van der Waals surface area contributed by atoms with Crippen LogP contribution in [0.4, 0.5) is 14.5 Å². The number of amides is 1. The van der Waals surface area contributed by atoms with E-state index in [0.29, 0.717) is 22.3 Å². The molecule has 0 fully saturated rings. The van der Waals surface area contributed by atoms with Crippen molar-refractivity contribution in [2.75, 3.05) is 5.32 Å². The van der Waals surface area contributed by atoms with E-state index in [2.05, 4.69) is 5.32 Å². The van der Waals surface area contributed by atoms with Crippen molar-refractivity contribution in [2.45, 2.75) is 37.0 Å². The molecule has 106 valence electrons. The number of carbonyl (C=O) groups is 1. The van der Waals surface area contributed by atoms with Crippen LogP contribution in [-0.2, 0) is 4.79 Å². The molecule has 1 aromatic rings. The lowest BCUT2D eigenvalue weighted by Gasteiger charge is -2.17. The second-order valence-corrected chi connectivity index (χ2v) is 5.37. The Labute approximate surface area is 115 Å². The van der Waals surface area contributed by atoms with Gasteiger partial charge >= 0.3 is 0 Å². The molecule has 0 spiro atoms. The number of benzene rings is 1. The second kappa shape index (κ2) is 7.45. The van der Waals surface area contributed by atoms with Gasteiger partial charge in [-0.25, -0.2) is 0 Å². The average molecular weight is 288 g/mol. The third-order valence-corrected chi connectivity index (χ3v) is 3.63. The summed E-state index contributed by atoms with van der Waals surface area (Å²) in [6.45, 7) is 3.88. The fraction of sp³-hybridized carbons (Fsp3) is 0.462. The monoisotopic (exact) mass is 288 g/mol. The van der Waals surface area contributed by atoms with Crippen LogP contribution >= 0.6 is 11.8 Å². The quantitative estimate of drug-likeness (QED) is 0.790. The lowest BCUT2D eigenvalue weighted by molar-refractivity contribution is -0.118. The van der Waals surface area contributed by atoms with E-state index in [0.717, 1.165) is 6.42 Å². The van der Waals surface area contributed by atoms with Gasteiger partial charge in [0.2, 0.25) is 5.91 Å². The van der Waals surface area contributed by atoms with Crippen molar-refractivity contribution in [3.63, 3.8) is 0 Å². The molecule has 0 saturated heterocycles. The van der Waals surface area contributed by atoms with E-state index in [1.807, 2.05) is 13.8 Å². The molecular formula is C13H18F2N2OS. The van der Waals surface area contributed by atoms with Crippen molar-refractivity contribution in [3.8, 4) is 0 Å². The largest absolute Gasteiger partial charge is 0.325 e. The number of carbonyl (C=O) groups excluding carboxylic acids is 1. The van der Waals surface area contributed by atoms with Crippen LogP contribution in [0.1, 0.15) is 20.3 Å². The number of nitrogens with one attached hydrogen (secondary N) is 1. The summed E-state index contributed by atoms with van der Waals surface area (Å²) in [5.74, 6) is -2.61. The molecule has 0 heterocycles. The Balaban J connectivity index is 2.60. The molecule has 3 N–H and O–H groups in total. The van der Waals surface area contributed by atoms with Gasteiger partial charge in [0.05, 0.1) is 6.04 Å². The third kappa shape index (κ3) is 5.16. The lowest BCUT2D eigenvalue weighted by atomic mass is 9.99.